The molecule has 2 rings (SSSR count). The van der Waals surface area contributed by atoms with Crippen molar-refractivity contribution in [3.8, 4) is 0 Å². The Labute approximate surface area is 112 Å². The maximum Gasteiger partial charge on any atom is 0.336 e. The second-order valence-electron chi connectivity index (χ2n) is 3.94. The van der Waals surface area contributed by atoms with E-state index in [9.17, 15) is 13.4 Å². The van der Waals surface area contributed by atoms with Crippen LogP contribution in [0, 0.1) is 12.7 Å². The summed E-state index contributed by atoms with van der Waals surface area (Å²) < 4.78 is 26.0. The SMILES string of the molecule is Cc1c(F)ccc(C(=O)O)c1S(=O)c1ccccc1. The fourth-order valence-corrected chi connectivity index (χ4v) is 3.11. The van der Waals surface area contributed by atoms with Gasteiger partial charge in [0.2, 0.25) is 0 Å². The molecule has 0 aromatic heterocycles. The molecule has 0 saturated carbocycles. The number of rotatable bonds is 3. The number of benzene rings is 2. The fourth-order valence-electron chi connectivity index (χ4n) is 1.74. The van der Waals surface area contributed by atoms with Gasteiger partial charge in [-0.05, 0) is 31.2 Å². The zero-order chi connectivity index (χ0) is 14.0. The summed E-state index contributed by atoms with van der Waals surface area (Å²) >= 11 is 0. The van der Waals surface area contributed by atoms with Crippen molar-refractivity contribution in [2.75, 3.05) is 0 Å². The molecule has 2 aromatic rings. The van der Waals surface area contributed by atoms with E-state index in [-0.39, 0.29) is 16.0 Å². The number of halogens is 1. The lowest BCUT2D eigenvalue weighted by Crippen LogP contribution is -2.08. The molecule has 1 N–H and O–H groups in total. The molecule has 0 spiro atoms. The van der Waals surface area contributed by atoms with Crippen molar-refractivity contribution in [1.29, 1.82) is 0 Å². The van der Waals surface area contributed by atoms with Crippen LogP contribution in [-0.4, -0.2) is 15.3 Å². The van der Waals surface area contributed by atoms with Crippen molar-refractivity contribution in [1.82, 2.24) is 0 Å². The van der Waals surface area contributed by atoms with E-state index >= 15 is 0 Å². The molecule has 0 fully saturated rings. The van der Waals surface area contributed by atoms with Crippen LogP contribution in [0.1, 0.15) is 15.9 Å². The van der Waals surface area contributed by atoms with E-state index in [0.29, 0.717) is 4.90 Å². The lowest BCUT2D eigenvalue weighted by atomic mass is 10.1. The molecule has 98 valence electrons. The summed E-state index contributed by atoms with van der Waals surface area (Å²) in [5, 5.41) is 9.12. The number of aromatic carboxylic acids is 1. The van der Waals surface area contributed by atoms with Crippen LogP contribution in [0.3, 0.4) is 0 Å². The smallest absolute Gasteiger partial charge is 0.336 e. The lowest BCUT2D eigenvalue weighted by molar-refractivity contribution is 0.0692. The maximum atomic E-state index is 13.6. The predicted molar refractivity (Wildman–Crippen MR) is 69.2 cm³/mol. The van der Waals surface area contributed by atoms with E-state index in [1.165, 1.54) is 6.92 Å². The van der Waals surface area contributed by atoms with E-state index in [4.69, 9.17) is 5.11 Å². The van der Waals surface area contributed by atoms with Crippen molar-refractivity contribution in [3.63, 3.8) is 0 Å². The summed E-state index contributed by atoms with van der Waals surface area (Å²) in [6, 6.07) is 10.6. The maximum absolute atomic E-state index is 13.6. The Hall–Kier alpha value is -2.01. The molecule has 0 radical (unpaired) electrons. The van der Waals surface area contributed by atoms with Crippen LogP contribution in [-0.2, 0) is 10.8 Å². The van der Waals surface area contributed by atoms with Crippen LogP contribution in [0.5, 0.6) is 0 Å². The van der Waals surface area contributed by atoms with E-state index in [1.807, 2.05) is 0 Å². The molecule has 19 heavy (non-hydrogen) atoms. The minimum atomic E-state index is -1.72. The Kier molecular flexibility index (Phi) is 3.76. The average Bonchev–Trinajstić information content (AvgIpc) is 2.41. The minimum absolute atomic E-state index is 0.0127. The van der Waals surface area contributed by atoms with Gasteiger partial charge in [0.25, 0.3) is 0 Å². The normalized spacial score (nSPS) is 12.1. The molecular weight excluding hydrogens is 267 g/mol. The van der Waals surface area contributed by atoms with Crippen LogP contribution in [0.15, 0.2) is 52.3 Å². The Morgan fingerprint density at radius 1 is 1.16 bits per heavy atom. The number of carboxylic acids is 1. The summed E-state index contributed by atoms with van der Waals surface area (Å²) in [6.45, 7) is 1.43. The zero-order valence-corrected chi connectivity index (χ0v) is 10.9. The number of carboxylic acid groups (broad SMARTS) is 1. The Bertz CT molecular complexity index is 653. The molecule has 5 heteroatoms. The lowest BCUT2D eigenvalue weighted by Gasteiger charge is -2.10. The van der Waals surface area contributed by atoms with Crippen molar-refractivity contribution in [2.45, 2.75) is 16.7 Å². The van der Waals surface area contributed by atoms with Gasteiger partial charge < -0.3 is 5.11 Å². The van der Waals surface area contributed by atoms with Crippen LogP contribution in [0.2, 0.25) is 0 Å². The molecule has 1 unspecified atom stereocenters. The minimum Gasteiger partial charge on any atom is -0.478 e. The third-order valence-corrected chi connectivity index (χ3v) is 4.31. The second-order valence-corrected chi connectivity index (χ2v) is 5.35. The number of carbonyl (C=O) groups is 1. The van der Waals surface area contributed by atoms with Gasteiger partial charge in [0.05, 0.1) is 21.3 Å². The largest absolute Gasteiger partial charge is 0.478 e. The van der Waals surface area contributed by atoms with Gasteiger partial charge in [-0.2, -0.15) is 0 Å². The molecule has 0 aliphatic heterocycles. The van der Waals surface area contributed by atoms with Crippen molar-refractivity contribution in [3.05, 3.63) is 59.4 Å². The first-order valence-corrected chi connectivity index (χ1v) is 6.66. The van der Waals surface area contributed by atoms with Crippen molar-refractivity contribution >= 4 is 16.8 Å². The highest BCUT2D eigenvalue weighted by Crippen LogP contribution is 2.25. The van der Waals surface area contributed by atoms with Crippen LogP contribution >= 0.6 is 0 Å². The van der Waals surface area contributed by atoms with E-state index in [1.54, 1.807) is 30.3 Å². The van der Waals surface area contributed by atoms with Gasteiger partial charge in [0, 0.05) is 10.5 Å². The van der Waals surface area contributed by atoms with Gasteiger partial charge in [-0.25, -0.2) is 13.4 Å². The molecule has 0 aliphatic carbocycles. The average molecular weight is 278 g/mol. The van der Waals surface area contributed by atoms with E-state index < -0.39 is 22.6 Å². The Morgan fingerprint density at radius 2 is 1.79 bits per heavy atom. The Morgan fingerprint density at radius 3 is 2.37 bits per heavy atom. The third kappa shape index (κ3) is 2.56. The highest BCUT2D eigenvalue weighted by Gasteiger charge is 2.21. The Balaban J connectivity index is 2.64. The molecule has 0 heterocycles. The number of hydrogen-bond acceptors (Lipinski definition) is 2. The van der Waals surface area contributed by atoms with Gasteiger partial charge >= 0.3 is 5.97 Å². The highest BCUT2D eigenvalue weighted by molar-refractivity contribution is 7.85. The van der Waals surface area contributed by atoms with Gasteiger partial charge in [-0.1, -0.05) is 18.2 Å². The summed E-state index contributed by atoms with van der Waals surface area (Å²) in [4.78, 5) is 11.6. The first-order chi connectivity index (χ1) is 9.02. The van der Waals surface area contributed by atoms with Crippen LogP contribution < -0.4 is 0 Å². The first-order valence-electron chi connectivity index (χ1n) is 5.51. The summed E-state index contributed by atoms with van der Waals surface area (Å²) in [7, 11) is -1.72. The van der Waals surface area contributed by atoms with Crippen molar-refractivity contribution in [2.24, 2.45) is 0 Å². The molecule has 2 aromatic carbocycles. The molecule has 3 nitrogen and oxygen atoms in total. The van der Waals surface area contributed by atoms with Gasteiger partial charge in [0.1, 0.15) is 5.82 Å². The standard InChI is InChI=1S/C14H11FO3S/c1-9-12(15)8-7-11(14(16)17)13(9)19(18)10-5-3-2-4-6-10/h2-8H,1H3,(H,16,17). The quantitative estimate of drug-likeness (QED) is 0.939. The van der Waals surface area contributed by atoms with E-state index in [0.717, 1.165) is 12.1 Å². The summed E-state index contributed by atoms with van der Waals surface area (Å²) in [6.07, 6.45) is 0. The van der Waals surface area contributed by atoms with Gasteiger partial charge in [-0.3, -0.25) is 0 Å². The van der Waals surface area contributed by atoms with E-state index in [2.05, 4.69) is 0 Å². The van der Waals surface area contributed by atoms with Crippen LogP contribution in [0.4, 0.5) is 4.39 Å². The topological polar surface area (TPSA) is 54.4 Å². The molecule has 0 bridgehead atoms. The predicted octanol–water partition coefficient (Wildman–Crippen LogP) is 3.00. The highest BCUT2D eigenvalue weighted by atomic mass is 32.2. The first kappa shape index (κ1) is 13.4. The fraction of sp³-hybridized carbons (Fsp3) is 0.0714. The summed E-state index contributed by atoms with van der Waals surface area (Å²) in [5.41, 5.74) is -0.0387. The molecular formula is C14H11FO3S. The third-order valence-electron chi connectivity index (χ3n) is 2.71. The molecule has 0 amide bonds. The van der Waals surface area contributed by atoms with Gasteiger partial charge in [-0.15, -0.1) is 0 Å². The number of hydrogen-bond donors (Lipinski definition) is 1. The molecule has 0 saturated heterocycles. The molecule has 0 aliphatic rings. The van der Waals surface area contributed by atoms with Crippen molar-refractivity contribution < 1.29 is 18.5 Å². The monoisotopic (exact) mass is 278 g/mol. The van der Waals surface area contributed by atoms with Crippen LogP contribution in [0.25, 0.3) is 0 Å². The van der Waals surface area contributed by atoms with Gasteiger partial charge in [0.15, 0.2) is 0 Å². The summed E-state index contributed by atoms with van der Waals surface area (Å²) in [5.74, 6) is -1.79. The second kappa shape index (κ2) is 5.32. The molecule has 1 atom stereocenters. The zero-order valence-electron chi connectivity index (χ0n) is 10.1.